The Morgan fingerprint density at radius 2 is 1.67 bits per heavy atom. The average Bonchev–Trinajstić information content (AvgIpc) is 3.17. The first-order chi connectivity index (χ1) is 13.1. The number of urea groups is 1. The molecule has 1 aliphatic rings. The lowest BCUT2D eigenvalue weighted by Crippen LogP contribution is -2.35. The Kier molecular flexibility index (Phi) is 6.68. The van der Waals surface area contributed by atoms with Gasteiger partial charge in [-0.25, -0.2) is 4.79 Å². The molecule has 0 bridgehead atoms. The third-order valence-electron chi connectivity index (χ3n) is 4.22. The zero-order valence-electron chi connectivity index (χ0n) is 14.8. The molecule has 3 rings (SSSR count). The molecule has 3 N–H and O–H groups in total. The lowest BCUT2D eigenvalue weighted by atomic mass is 10.1. The van der Waals surface area contributed by atoms with Crippen molar-refractivity contribution in [3.8, 4) is 0 Å². The van der Waals surface area contributed by atoms with Gasteiger partial charge in [0.05, 0.1) is 12.5 Å². The number of carbonyl (C=O) groups is 2. The number of ether oxygens (including phenoxy) is 1. The van der Waals surface area contributed by atoms with Crippen LogP contribution in [0.25, 0.3) is 0 Å². The van der Waals surface area contributed by atoms with Crippen molar-refractivity contribution in [1.82, 2.24) is 5.32 Å². The lowest BCUT2D eigenvalue weighted by Gasteiger charge is -2.12. The Hall–Kier alpha value is -2.57. The van der Waals surface area contributed by atoms with Crippen LogP contribution in [0, 0.1) is 0 Å². The Morgan fingerprint density at radius 3 is 2.30 bits per heavy atom. The van der Waals surface area contributed by atoms with E-state index in [-0.39, 0.29) is 24.5 Å². The number of carbonyl (C=O) groups excluding carboxylic acids is 2. The van der Waals surface area contributed by atoms with Gasteiger partial charge in [-0.3, -0.25) is 4.79 Å². The van der Waals surface area contributed by atoms with Gasteiger partial charge in [-0.05, 0) is 54.8 Å². The maximum Gasteiger partial charge on any atom is 0.319 e. The summed E-state index contributed by atoms with van der Waals surface area (Å²) in [5.74, 6) is -0.118. The second kappa shape index (κ2) is 9.39. The van der Waals surface area contributed by atoms with Crippen molar-refractivity contribution < 1.29 is 14.3 Å². The fourth-order valence-corrected chi connectivity index (χ4v) is 2.94. The van der Waals surface area contributed by atoms with Crippen LogP contribution in [0.4, 0.5) is 16.2 Å². The summed E-state index contributed by atoms with van der Waals surface area (Å²) in [5.41, 5.74) is 2.20. The van der Waals surface area contributed by atoms with Crippen LogP contribution in [0.15, 0.2) is 48.5 Å². The van der Waals surface area contributed by atoms with E-state index in [4.69, 9.17) is 16.3 Å². The number of anilines is 2. The molecule has 1 heterocycles. The van der Waals surface area contributed by atoms with E-state index in [9.17, 15) is 9.59 Å². The number of rotatable bonds is 6. The first-order valence-electron chi connectivity index (χ1n) is 8.89. The SMILES string of the molecule is O=C(Cc1ccc(Cl)cc1)Nc1ccc(NC(=O)NCC2CCCO2)cc1. The molecule has 0 spiro atoms. The van der Waals surface area contributed by atoms with Crippen LogP contribution in [0.1, 0.15) is 18.4 Å². The van der Waals surface area contributed by atoms with Crippen LogP contribution < -0.4 is 16.0 Å². The number of hydrogen-bond donors (Lipinski definition) is 3. The van der Waals surface area contributed by atoms with Crippen molar-refractivity contribution >= 4 is 34.9 Å². The minimum absolute atomic E-state index is 0.106. The molecule has 0 aromatic heterocycles. The maximum absolute atomic E-state index is 12.1. The smallest absolute Gasteiger partial charge is 0.319 e. The fraction of sp³-hybridized carbons (Fsp3) is 0.300. The summed E-state index contributed by atoms with van der Waals surface area (Å²) in [6.45, 7) is 1.27. The third kappa shape index (κ3) is 6.27. The lowest BCUT2D eigenvalue weighted by molar-refractivity contribution is -0.115. The third-order valence-corrected chi connectivity index (χ3v) is 4.47. The number of halogens is 1. The van der Waals surface area contributed by atoms with Gasteiger partial charge in [-0.2, -0.15) is 0 Å². The molecule has 27 heavy (non-hydrogen) atoms. The number of nitrogens with one attached hydrogen (secondary N) is 3. The first-order valence-corrected chi connectivity index (χ1v) is 9.27. The average molecular weight is 388 g/mol. The molecule has 0 aliphatic carbocycles. The first kappa shape index (κ1) is 19.2. The van der Waals surface area contributed by atoms with Gasteiger partial charge in [-0.1, -0.05) is 23.7 Å². The van der Waals surface area contributed by atoms with Gasteiger partial charge in [0.25, 0.3) is 0 Å². The quantitative estimate of drug-likeness (QED) is 0.704. The van der Waals surface area contributed by atoms with Crippen molar-refractivity contribution in [2.24, 2.45) is 0 Å². The largest absolute Gasteiger partial charge is 0.376 e. The standard InChI is InChI=1S/C20H22ClN3O3/c21-15-5-3-14(4-6-15)12-19(25)23-16-7-9-17(10-8-16)24-20(26)22-13-18-2-1-11-27-18/h3-10,18H,1-2,11-13H2,(H,23,25)(H2,22,24,26). The zero-order chi connectivity index (χ0) is 19.1. The Morgan fingerprint density at radius 1 is 1.00 bits per heavy atom. The molecule has 1 unspecified atom stereocenters. The molecular formula is C20H22ClN3O3. The van der Waals surface area contributed by atoms with Crippen LogP contribution in [0.2, 0.25) is 5.02 Å². The normalized spacial score (nSPS) is 16.0. The van der Waals surface area contributed by atoms with E-state index >= 15 is 0 Å². The molecule has 0 radical (unpaired) electrons. The molecule has 1 aliphatic heterocycles. The topological polar surface area (TPSA) is 79.5 Å². The van der Waals surface area contributed by atoms with Gasteiger partial charge in [0.2, 0.25) is 5.91 Å². The van der Waals surface area contributed by atoms with E-state index in [1.807, 2.05) is 12.1 Å². The molecule has 6 nitrogen and oxygen atoms in total. The van der Waals surface area contributed by atoms with Gasteiger partial charge in [0.15, 0.2) is 0 Å². The molecule has 0 saturated carbocycles. The molecule has 2 aromatic carbocycles. The summed E-state index contributed by atoms with van der Waals surface area (Å²) < 4.78 is 5.47. The van der Waals surface area contributed by atoms with Crippen molar-refractivity contribution in [3.05, 3.63) is 59.1 Å². The van der Waals surface area contributed by atoms with E-state index < -0.39 is 0 Å². The molecule has 3 amide bonds. The highest BCUT2D eigenvalue weighted by Gasteiger charge is 2.16. The summed E-state index contributed by atoms with van der Waals surface area (Å²) in [5, 5.41) is 9.03. The molecule has 2 aromatic rings. The number of benzene rings is 2. The van der Waals surface area contributed by atoms with E-state index in [1.165, 1.54) is 0 Å². The summed E-state index contributed by atoms with van der Waals surface area (Å²) in [6.07, 6.45) is 2.39. The second-order valence-electron chi connectivity index (χ2n) is 6.40. The predicted octanol–water partition coefficient (Wildman–Crippen LogP) is 3.82. The molecule has 142 valence electrons. The van der Waals surface area contributed by atoms with Crippen molar-refractivity contribution in [2.75, 3.05) is 23.8 Å². The minimum Gasteiger partial charge on any atom is -0.376 e. The van der Waals surface area contributed by atoms with Gasteiger partial charge >= 0.3 is 6.03 Å². The molecular weight excluding hydrogens is 366 g/mol. The van der Waals surface area contributed by atoms with Crippen molar-refractivity contribution in [1.29, 1.82) is 0 Å². The van der Waals surface area contributed by atoms with Gasteiger partial charge in [0, 0.05) is 29.5 Å². The van der Waals surface area contributed by atoms with Crippen LogP contribution in [-0.4, -0.2) is 31.2 Å². The Labute approximate surface area is 163 Å². The number of hydrogen-bond acceptors (Lipinski definition) is 3. The molecule has 1 atom stereocenters. The maximum atomic E-state index is 12.1. The highest BCUT2D eigenvalue weighted by molar-refractivity contribution is 6.30. The van der Waals surface area contributed by atoms with Crippen LogP contribution in [0.3, 0.4) is 0 Å². The van der Waals surface area contributed by atoms with Gasteiger partial charge in [0.1, 0.15) is 0 Å². The summed E-state index contributed by atoms with van der Waals surface area (Å²) in [4.78, 5) is 24.0. The highest BCUT2D eigenvalue weighted by Crippen LogP contribution is 2.15. The van der Waals surface area contributed by atoms with Gasteiger partial charge < -0.3 is 20.7 Å². The van der Waals surface area contributed by atoms with E-state index in [0.717, 1.165) is 25.0 Å². The molecule has 1 fully saturated rings. The van der Waals surface area contributed by atoms with Crippen LogP contribution in [-0.2, 0) is 16.0 Å². The Balaban J connectivity index is 1.44. The van der Waals surface area contributed by atoms with Crippen LogP contribution in [0.5, 0.6) is 0 Å². The summed E-state index contributed by atoms with van der Waals surface area (Å²) in [6, 6.07) is 13.9. The monoisotopic (exact) mass is 387 g/mol. The zero-order valence-corrected chi connectivity index (χ0v) is 15.6. The molecule has 1 saturated heterocycles. The van der Waals surface area contributed by atoms with Crippen LogP contribution >= 0.6 is 11.6 Å². The van der Waals surface area contributed by atoms with E-state index in [0.29, 0.717) is 22.9 Å². The minimum atomic E-state index is -0.273. The van der Waals surface area contributed by atoms with Crippen molar-refractivity contribution in [3.63, 3.8) is 0 Å². The van der Waals surface area contributed by atoms with E-state index in [1.54, 1.807) is 36.4 Å². The second-order valence-corrected chi connectivity index (χ2v) is 6.84. The fourth-order valence-electron chi connectivity index (χ4n) is 2.82. The van der Waals surface area contributed by atoms with Crippen molar-refractivity contribution in [2.45, 2.75) is 25.4 Å². The molecule has 7 heteroatoms. The summed E-state index contributed by atoms with van der Waals surface area (Å²) in [7, 11) is 0. The van der Waals surface area contributed by atoms with Gasteiger partial charge in [-0.15, -0.1) is 0 Å². The Bertz CT molecular complexity index is 772. The highest BCUT2D eigenvalue weighted by atomic mass is 35.5. The predicted molar refractivity (Wildman–Crippen MR) is 106 cm³/mol. The summed E-state index contributed by atoms with van der Waals surface area (Å²) >= 11 is 5.84. The van der Waals surface area contributed by atoms with E-state index in [2.05, 4.69) is 16.0 Å². The number of amides is 3.